The molecule has 2 aromatic carbocycles. The molecule has 7 nitrogen and oxygen atoms in total. The first kappa shape index (κ1) is 18.2. The van der Waals surface area contributed by atoms with Crippen LogP contribution in [-0.4, -0.2) is 43.6 Å². The molecule has 7 heteroatoms. The fourth-order valence-corrected chi connectivity index (χ4v) is 2.73. The van der Waals surface area contributed by atoms with Gasteiger partial charge in [-0.2, -0.15) is 0 Å². The first-order chi connectivity index (χ1) is 13.1. The summed E-state index contributed by atoms with van der Waals surface area (Å²) in [6.07, 6.45) is 2.70. The van der Waals surface area contributed by atoms with Crippen molar-refractivity contribution in [3.8, 4) is 11.5 Å². The number of hydrogen-bond acceptors (Lipinski definition) is 6. The van der Waals surface area contributed by atoms with Crippen LogP contribution in [0.2, 0.25) is 0 Å². The molecule has 0 saturated carbocycles. The van der Waals surface area contributed by atoms with Crippen molar-refractivity contribution in [1.82, 2.24) is 4.90 Å². The van der Waals surface area contributed by atoms with Crippen LogP contribution in [0.4, 0.5) is 0 Å². The third kappa shape index (κ3) is 3.52. The van der Waals surface area contributed by atoms with E-state index in [1.54, 1.807) is 42.5 Å². The number of benzene rings is 2. The highest BCUT2D eigenvalue weighted by Gasteiger charge is 2.35. The van der Waals surface area contributed by atoms with Gasteiger partial charge < -0.3 is 14.2 Å². The van der Waals surface area contributed by atoms with Crippen LogP contribution in [0, 0.1) is 0 Å². The van der Waals surface area contributed by atoms with Gasteiger partial charge in [-0.1, -0.05) is 24.3 Å². The summed E-state index contributed by atoms with van der Waals surface area (Å²) in [4.78, 5) is 37.3. The number of nitrogens with zero attached hydrogens (tertiary/aromatic N) is 1. The topological polar surface area (TPSA) is 82.1 Å². The zero-order valence-corrected chi connectivity index (χ0v) is 14.8. The first-order valence-electron chi connectivity index (χ1n) is 8.08. The maximum absolute atomic E-state index is 12.2. The second kappa shape index (κ2) is 7.74. The zero-order valence-electron chi connectivity index (χ0n) is 14.8. The highest BCUT2D eigenvalue weighted by atomic mass is 16.5. The highest BCUT2D eigenvalue weighted by molar-refractivity contribution is 6.21. The summed E-state index contributed by atoms with van der Waals surface area (Å²) in [6, 6.07) is 11.7. The molecule has 138 valence electrons. The lowest BCUT2D eigenvalue weighted by atomic mass is 10.1. The van der Waals surface area contributed by atoms with Crippen molar-refractivity contribution in [2.75, 3.05) is 21.0 Å². The highest BCUT2D eigenvalue weighted by Crippen LogP contribution is 2.31. The molecule has 0 fully saturated rings. The number of amides is 2. The molecular formula is C20H17NO6. The maximum Gasteiger partial charge on any atom is 0.332 e. The molecule has 0 aliphatic carbocycles. The molecule has 0 radical (unpaired) electrons. The minimum absolute atomic E-state index is 0.301. The van der Waals surface area contributed by atoms with Crippen molar-refractivity contribution in [2.45, 2.75) is 0 Å². The van der Waals surface area contributed by atoms with Gasteiger partial charge in [-0.15, -0.1) is 0 Å². The predicted octanol–water partition coefficient (Wildman–Crippen LogP) is 2.51. The smallest absolute Gasteiger partial charge is 0.332 e. The Morgan fingerprint density at radius 1 is 0.963 bits per heavy atom. The Kier molecular flexibility index (Phi) is 5.21. The van der Waals surface area contributed by atoms with Crippen molar-refractivity contribution >= 4 is 23.9 Å². The van der Waals surface area contributed by atoms with Gasteiger partial charge in [-0.05, 0) is 24.3 Å². The number of carbonyl (C=O) groups is 3. The van der Waals surface area contributed by atoms with Crippen molar-refractivity contribution < 1.29 is 28.6 Å². The number of fused-ring (bicyclic) bond motifs is 1. The van der Waals surface area contributed by atoms with Gasteiger partial charge in [-0.25, -0.2) is 9.69 Å². The number of methoxy groups -OCH3 is 2. The van der Waals surface area contributed by atoms with E-state index in [2.05, 4.69) is 0 Å². The molecule has 2 aromatic rings. The van der Waals surface area contributed by atoms with Crippen LogP contribution in [0.25, 0.3) is 6.08 Å². The van der Waals surface area contributed by atoms with Gasteiger partial charge in [0.1, 0.15) is 0 Å². The standard InChI is InChI=1S/C20H17NO6/c1-25-16-9-5-6-13(18(16)26-2)10-11-17(22)27-12-21-19(23)14-7-3-4-8-15(14)20(21)24/h3-11H,12H2,1-2H3. The monoisotopic (exact) mass is 367 g/mol. The quantitative estimate of drug-likeness (QED) is 0.443. The Labute approximate surface area is 155 Å². The van der Waals surface area contributed by atoms with Crippen molar-refractivity contribution in [3.63, 3.8) is 0 Å². The van der Waals surface area contributed by atoms with E-state index in [0.717, 1.165) is 4.90 Å². The summed E-state index contributed by atoms with van der Waals surface area (Å²) in [6.45, 7) is -0.454. The average Bonchev–Trinajstić information content (AvgIpc) is 2.94. The van der Waals surface area contributed by atoms with Gasteiger partial charge in [0, 0.05) is 11.6 Å². The van der Waals surface area contributed by atoms with E-state index < -0.39 is 24.5 Å². The van der Waals surface area contributed by atoms with Gasteiger partial charge in [0.25, 0.3) is 11.8 Å². The van der Waals surface area contributed by atoms with Crippen LogP contribution < -0.4 is 9.47 Å². The van der Waals surface area contributed by atoms with E-state index in [9.17, 15) is 14.4 Å². The lowest BCUT2D eigenvalue weighted by Gasteiger charge is -2.13. The van der Waals surface area contributed by atoms with Crippen molar-refractivity contribution in [1.29, 1.82) is 0 Å². The van der Waals surface area contributed by atoms with Crippen LogP contribution in [0.1, 0.15) is 26.3 Å². The summed E-state index contributed by atoms with van der Waals surface area (Å²) < 4.78 is 15.5. The molecule has 1 aliphatic heterocycles. The molecule has 27 heavy (non-hydrogen) atoms. The molecule has 0 unspecified atom stereocenters. The Balaban J connectivity index is 1.65. The second-order valence-electron chi connectivity index (χ2n) is 5.59. The summed E-state index contributed by atoms with van der Waals surface area (Å²) in [5, 5.41) is 0. The number of carbonyl (C=O) groups excluding carboxylic acids is 3. The molecule has 2 amide bonds. The van der Waals surface area contributed by atoms with E-state index in [-0.39, 0.29) is 0 Å². The molecule has 0 bridgehead atoms. The minimum atomic E-state index is -0.698. The van der Waals surface area contributed by atoms with Crippen LogP contribution in [0.15, 0.2) is 48.5 Å². The number of esters is 1. The molecule has 0 spiro atoms. The largest absolute Gasteiger partial charge is 0.493 e. The summed E-state index contributed by atoms with van der Waals surface area (Å²) in [5.74, 6) is -0.663. The fourth-order valence-electron chi connectivity index (χ4n) is 2.73. The van der Waals surface area contributed by atoms with E-state index in [1.807, 2.05) is 0 Å². The summed E-state index contributed by atoms with van der Waals surface area (Å²) in [5.41, 5.74) is 1.22. The second-order valence-corrected chi connectivity index (χ2v) is 5.59. The first-order valence-corrected chi connectivity index (χ1v) is 8.08. The number of hydrogen-bond donors (Lipinski definition) is 0. The number of para-hydroxylation sites is 1. The Morgan fingerprint density at radius 2 is 1.63 bits per heavy atom. The van der Waals surface area contributed by atoms with Crippen LogP contribution >= 0.6 is 0 Å². The van der Waals surface area contributed by atoms with Gasteiger partial charge >= 0.3 is 5.97 Å². The van der Waals surface area contributed by atoms with Gasteiger partial charge in [0.2, 0.25) is 0 Å². The normalized spacial score (nSPS) is 13.0. The van der Waals surface area contributed by atoms with Crippen LogP contribution in [0.3, 0.4) is 0 Å². The van der Waals surface area contributed by atoms with E-state index >= 15 is 0 Å². The van der Waals surface area contributed by atoms with Crippen molar-refractivity contribution in [3.05, 3.63) is 65.2 Å². The number of ether oxygens (including phenoxy) is 3. The lowest BCUT2D eigenvalue weighted by molar-refractivity contribution is -0.140. The zero-order chi connectivity index (χ0) is 19.4. The van der Waals surface area contributed by atoms with E-state index in [4.69, 9.17) is 14.2 Å². The van der Waals surface area contributed by atoms with E-state index in [0.29, 0.717) is 28.2 Å². The third-order valence-electron chi connectivity index (χ3n) is 4.05. The molecule has 0 saturated heterocycles. The molecule has 0 aromatic heterocycles. The molecule has 0 N–H and O–H groups in total. The van der Waals surface area contributed by atoms with Gasteiger partial charge in [0.15, 0.2) is 18.2 Å². The summed E-state index contributed by atoms with van der Waals surface area (Å²) in [7, 11) is 3.01. The van der Waals surface area contributed by atoms with Gasteiger partial charge in [-0.3, -0.25) is 9.59 Å². The number of imide groups is 1. The Bertz CT molecular complexity index is 899. The molecule has 0 atom stereocenters. The fraction of sp³-hybridized carbons (Fsp3) is 0.150. The maximum atomic E-state index is 12.2. The predicted molar refractivity (Wildman–Crippen MR) is 96.5 cm³/mol. The third-order valence-corrected chi connectivity index (χ3v) is 4.05. The average molecular weight is 367 g/mol. The van der Waals surface area contributed by atoms with Crippen molar-refractivity contribution in [2.24, 2.45) is 0 Å². The molecular weight excluding hydrogens is 350 g/mol. The Hall–Kier alpha value is -3.61. The molecule has 1 aliphatic rings. The minimum Gasteiger partial charge on any atom is -0.493 e. The SMILES string of the molecule is COc1cccc(C=CC(=O)OCN2C(=O)c3ccccc3C2=O)c1OC. The molecule has 1 heterocycles. The lowest BCUT2D eigenvalue weighted by Crippen LogP contribution is -2.32. The van der Waals surface area contributed by atoms with Crippen LogP contribution in [0.5, 0.6) is 11.5 Å². The Morgan fingerprint density at radius 3 is 2.22 bits per heavy atom. The number of rotatable bonds is 6. The van der Waals surface area contributed by atoms with E-state index in [1.165, 1.54) is 26.4 Å². The van der Waals surface area contributed by atoms with Crippen LogP contribution in [-0.2, 0) is 9.53 Å². The summed E-state index contributed by atoms with van der Waals surface area (Å²) >= 11 is 0. The molecule has 3 rings (SSSR count). The van der Waals surface area contributed by atoms with Gasteiger partial charge in [0.05, 0.1) is 25.3 Å².